The van der Waals surface area contributed by atoms with Gasteiger partial charge in [-0.1, -0.05) is 32.4 Å². The summed E-state index contributed by atoms with van der Waals surface area (Å²) in [5, 5.41) is 1.44. The van der Waals surface area contributed by atoms with Crippen molar-refractivity contribution in [2.24, 2.45) is 11.3 Å². The average Bonchev–Trinajstić information content (AvgIpc) is 3.32. The highest BCUT2D eigenvalue weighted by atomic mass is 35.5. The molecular weight excluding hydrogens is 416 g/mol. The fraction of sp³-hybridized carbons (Fsp3) is 0.333. The fourth-order valence-electron chi connectivity index (χ4n) is 4.27. The molecule has 4 nitrogen and oxygen atoms in total. The van der Waals surface area contributed by atoms with Gasteiger partial charge < -0.3 is 9.40 Å². The average molecular weight is 439 g/mol. The molecule has 154 valence electrons. The van der Waals surface area contributed by atoms with Gasteiger partial charge in [0.05, 0.1) is 5.39 Å². The smallest absolute Gasteiger partial charge is 0.260 e. The third-order valence-corrected chi connectivity index (χ3v) is 7.51. The summed E-state index contributed by atoms with van der Waals surface area (Å²) in [6, 6.07) is 11.2. The molecule has 0 bridgehead atoms. The van der Waals surface area contributed by atoms with Crippen LogP contribution >= 0.6 is 22.9 Å². The third kappa shape index (κ3) is 3.40. The zero-order chi connectivity index (χ0) is 21.0. The van der Waals surface area contributed by atoms with Crippen LogP contribution in [0.5, 0.6) is 0 Å². The van der Waals surface area contributed by atoms with Gasteiger partial charge in [0.2, 0.25) is 0 Å². The van der Waals surface area contributed by atoms with E-state index in [1.54, 1.807) is 11.3 Å². The number of aromatic amines is 1. The second kappa shape index (κ2) is 7.10. The molecule has 4 aromatic rings. The lowest BCUT2D eigenvalue weighted by atomic mass is 9.72. The monoisotopic (exact) mass is 438 g/mol. The first kappa shape index (κ1) is 19.6. The summed E-state index contributed by atoms with van der Waals surface area (Å²) in [6.07, 6.45) is 3.09. The fourth-order valence-corrected chi connectivity index (χ4v) is 5.70. The van der Waals surface area contributed by atoms with Crippen LogP contribution in [0.15, 0.2) is 45.6 Å². The van der Waals surface area contributed by atoms with Crippen molar-refractivity contribution in [2.75, 3.05) is 0 Å². The van der Waals surface area contributed by atoms with Crippen molar-refractivity contribution >= 4 is 33.2 Å². The van der Waals surface area contributed by atoms with Crippen molar-refractivity contribution in [3.05, 3.63) is 62.2 Å². The maximum atomic E-state index is 13.0. The summed E-state index contributed by atoms with van der Waals surface area (Å²) in [6.45, 7) is 6.90. The number of rotatable bonds is 2. The van der Waals surface area contributed by atoms with Gasteiger partial charge >= 0.3 is 0 Å². The number of benzene rings is 1. The van der Waals surface area contributed by atoms with Crippen molar-refractivity contribution in [2.45, 2.75) is 40.0 Å². The van der Waals surface area contributed by atoms with Crippen LogP contribution in [0.4, 0.5) is 0 Å². The Balaban J connectivity index is 1.53. The van der Waals surface area contributed by atoms with E-state index >= 15 is 0 Å². The number of thiophene rings is 1. The Morgan fingerprint density at radius 3 is 2.60 bits per heavy atom. The van der Waals surface area contributed by atoms with E-state index in [-0.39, 0.29) is 11.0 Å². The minimum atomic E-state index is -0.0776. The zero-order valence-corrected chi connectivity index (χ0v) is 18.8. The third-order valence-electron chi connectivity index (χ3n) is 6.11. The molecule has 0 spiro atoms. The molecule has 5 rings (SSSR count). The number of fused-ring (bicyclic) bond motifs is 3. The normalized spacial score (nSPS) is 16.7. The molecule has 6 heteroatoms. The van der Waals surface area contributed by atoms with E-state index in [9.17, 15) is 4.79 Å². The van der Waals surface area contributed by atoms with Crippen LogP contribution in [0.25, 0.3) is 33.1 Å². The highest BCUT2D eigenvalue weighted by molar-refractivity contribution is 7.18. The number of halogens is 1. The van der Waals surface area contributed by atoms with E-state index in [4.69, 9.17) is 21.0 Å². The Morgan fingerprint density at radius 1 is 1.13 bits per heavy atom. The molecule has 1 unspecified atom stereocenters. The van der Waals surface area contributed by atoms with Gasteiger partial charge in [-0.15, -0.1) is 11.3 Å². The van der Waals surface area contributed by atoms with Gasteiger partial charge in [0, 0.05) is 15.5 Å². The molecule has 30 heavy (non-hydrogen) atoms. The van der Waals surface area contributed by atoms with E-state index in [1.165, 1.54) is 10.4 Å². The first-order valence-electron chi connectivity index (χ1n) is 10.2. The first-order chi connectivity index (χ1) is 14.3. The predicted molar refractivity (Wildman–Crippen MR) is 123 cm³/mol. The second-order valence-electron chi connectivity index (χ2n) is 9.08. The van der Waals surface area contributed by atoms with Crippen LogP contribution in [0.2, 0.25) is 5.02 Å². The molecular formula is C24H23ClN2O2S. The standard InChI is InChI=1S/C24H23ClN2O2S/c1-24(2,3)14-6-9-16-19(12-14)30-23-20(16)22(28)26-21(27-23)18-11-10-17(29-18)13-4-7-15(25)8-5-13/h4-5,7-8,10-11,14H,6,9,12H2,1-3H3,(H,26,27,28). The Bertz CT molecular complexity index is 1290. The summed E-state index contributed by atoms with van der Waals surface area (Å²) >= 11 is 7.63. The molecule has 0 radical (unpaired) electrons. The lowest BCUT2D eigenvalue weighted by Gasteiger charge is -2.33. The van der Waals surface area contributed by atoms with Crippen molar-refractivity contribution in [1.29, 1.82) is 0 Å². The second-order valence-corrected chi connectivity index (χ2v) is 10.6. The number of hydrogen-bond acceptors (Lipinski definition) is 4. The Hall–Kier alpha value is -2.37. The molecule has 3 heterocycles. The summed E-state index contributed by atoms with van der Waals surface area (Å²) in [4.78, 5) is 22.8. The molecule has 3 aromatic heterocycles. The number of nitrogens with one attached hydrogen (secondary N) is 1. The van der Waals surface area contributed by atoms with Crippen LogP contribution in [-0.2, 0) is 12.8 Å². The van der Waals surface area contributed by atoms with Crippen molar-refractivity contribution in [3.8, 4) is 22.9 Å². The molecule has 0 amide bonds. The summed E-state index contributed by atoms with van der Waals surface area (Å²) in [7, 11) is 0. The SMILES string of the molecule is CC(C)(C)C1CCc2c(sc3nc(-c4ccc(-c5ccc(Cl)cc5)o4)[nH]c(=O)c23)C1. The van der Waals surface area contributed by atoms with Crippen LogP contribution in [0.1, 0.15) is 37.6 Å². The van der Waals surface area contributed by atoms with Crippen molar-refractivity contribution in [3.63, 3.8) is 0 Å². The number of aromatic nitrogens is 2. The number of hydrogen-bond donors (Lipinski definition) is 1. The van der Waals surface area contributed by atoms with E-state index < -0.39 is 0 Å². The topological polar surface area (TPSA) is 58.9 Å². The van der Waals surface area contributed by atoms with Crippen LogP contribution in [0.3, 0.4) is 0 Å². The summed E-state index contributed by atoms with van der Waals surface area (Å²) in [5.74, 6) is 2.36. The Labute approximate surface area is 183 Å². The lowest BCUT2D eigenvalue weighted by molar-refractivity contribution is 0.218. The molecule has 1 atom stereocenters. The highest BCUT2D eigenvalue weighted by Crippen LogP contribution is 2.42. The molecule has 0 fully saturated rings. The van der Waals surface area contributed by atoms with Crippen LogP contribution in [-0.4, -0.2) is 9.97 Å². The van der Waals surface area contributed by atoms with E-state index in [2.05, 4.69) is 25.8 Å². The number of H-pyrrole nitrogens is 1. The van der Waals surface area contributed by atoms with Gasteiger partial charge in [-0.2, -0.15) is 0 Å². The molecule has 1 aromatic carbocycles. The van der Waals surface area contributed by atoms with Crippen LogP contribution in [0, 0.1) is 11.3 Å². The first-order valence-corrected chi connectivity index (χ1v) is 11.4. The van der Waals surface area contributed by atoms with Gasteiger partial charge in [0.15, 0.2) is 11.6 Å². The van der Waals surface area contributed by atoms with Crippen LogP contribution < -0.4 is 5.56 Å². The van der Waals surface area contributed by atoms with Gasteiger partial charge in [-0.3, -0.25) is 4.79 Å². The Kier molecular flexibility index (Phi) is 4.64. The molecule has 1 aliphatic carbocycles. The molecule has 1 aliphatic rings. The minimum absolute atomic E-state index is 0.0776. The number of aryl methyl sites for hydroxylation is 1. The van der Waals surface area contributed by atoms with E-state index in [0.717, 1.165) is 35.0 Å². The Morgan fingerprint density at radius 2 is 1.87 bits per heavy atom. The number of furan rings is 1. The van der Waals surface area contributed by atoms with Gasteiger partial charge in [-0.25, -0.2) is 4.98 Å². The van der Waals surface area contributed by atoms with Gasteiger partial charge in [0.1, 0.15) is 10.6 Å². The lowest BCUT2D eigenvalue weighted by Crippen LogP contribution is -2.26. The quantitative estimate of drug-likeness (QED) is 0.378. The molecule has 1 N–H and O–H groups in total. The maximum absolute atomic E-state index is 13.0. The maximum Gasteiger partial charge on any atom is 0.260 e. The van der Waals surface area contributed by atoms with E-state index in [0.29, 0.717) is 28.3 Å². The zero-order valence-electron chi connectivity index (χ0n) is 17.2. The van der Waals surface area contributed by atoms with Crippen molar-refractivity contribution < 1.29 is 4.42 Å². The highest BCUT2D eigenvalue weighted by Gasteiger charge is 2.31. The van der Waals surface area contributed by atoms with Crippen molar-refractivity contribution in [1.82, 2.24) is 9.97 Å². The predicted octanol–water partition coefficient (Wildman–Crippen LogP) is 6.72. The minimum Gasteiger partial charge on any atom is -0.453 e. The number of nitrogens with zero attached hydrogens (tertiary/aromatic N) is 1. The largest absolute Gasteiger partial charge is 0.453 e. The summed E-state index contributed by atoms with van der Waals surface area (Å²) in [5.41, 5.74) is 2.31. The molecule has 0 saturated heterocycles. The van der Waals surface area contributed by atoms with Gasteiger partial charge in [-0.05, 0) is 72.6 Å². The molecule has 0 saturated carbocycles. The van der Waals surface area contributed by atoms with E-state index in [1.807, 2.05) is 36.4 Å². The summed E-state index contributed by atoms with van der Waals surface area (Å²) < 4.78 is 5.99. The van der Waals surface area contributed by atoms with Gasteiger partial charge in [0.25, 0.3) is 5.56 Å². The molecule has 0 aliphatic heterocycles.